The van der Waals surface area contributed by atoms with Crippen LogP contribution in [0.25, 0.3) is 11.2 Å². The number of hydrogen-bond donors (Lipinski definition) is 1. The average Bonchev–Trinajstić information content (AvgIpc) is 2.82. The minimum atomic E-state index is 0.212. The van der Waals surface area contributed by atoms with Crippen LogP contribution in [0, 0.1) is 17.2 Å². The van der Waals surface area contributed by atoms with Crippen molar-refractivity contribution in [1.82, 2.24) is 14.5 Å². The smallest absolute Gasteiger partial charge is 0.163 e. The van der Waals surface area contributed by atoms with Crippen molar-refractivity contribution in [2.45, 2.75) is 31.7 Å². The highest BCUT2D eigenvalue weighted by Gasteiger charge is 2.21. The molecule has 5 nitrogen and oxygen atoms in total. The van der Waals surface area contributed by atoms with Gasteiger partial charge in [-0.05, 0) is 25.7 Å². The maximum absolute atomic E-state index is 8.92. The SMILES string of the molecule is Cn1cnc2c(Cl)cc(N[C@H]3CC[C@H](C#N)CC3)nc21. The Labute approximate surface area is 122 Å². The summed E-state index contributed by atoms with van der Waals surface area (Å²) in [4.78, 5) is 8.80. The number of halogens is 1. The van der Waals surface area contributed by atoms with Crippen LogP contribution < -0.4 is 5.32 Å². The minimum Gasteiger partial charge on any atom is -0.367 e. The first-order chi connectivity index (χ1) is 9.67. The number of anilines is 1. The van der Waals surface area contributed by atoms with Gasteiger partial charge in [0.05, 0.1) is 17.4 Å². The van der Waals surface area contributed by atoms with Crippen LogP contribution in [0.5, 0.6) is 0 Å². The second-order valence-electron chi connectivity index (χ2n) is 5.34. The van der Waals surface area contributed by atoms with E-state index in [-0.39, 0.29) is 5.92 Å². The molecule has 1 saturated carbocycles. The number of rotatable bonds is 2. The van der Waals surface area contributed by atoms with Crippen LogP contribution in [-0.4, -0.2) is 20.6 Å². The highest BCUT2D eigenvalue weighted by atomic mass is 35.5. The molecule has 0 aromatic carbocycles. The van der Waals surface area contributed by atoms with E-state index in [2.05, 4.69) is 21.4 Å². The molecule has 1 fully saturated rings. The average molecular weight is 290 g/mol. The molecule has 0 spiro atoms. The van der Waals surface area contributed by atoms with Crippen LogP contribution in [0.3, 0.4) is 0 Å². The Balaban J connectivity index is 1.78. The first-order valence-electron chi connectivity index (χ1n) is 6.81. The van der Waals surface area contributed by atoms with Gasteiger partial charge in [-0.15, -0.1) is 0 Å². The highest BCUT2D eigenvalue weighted by Crippen LogP contribution is 2.28. The summed E-state index contributed by atoms with van der Waals surface area (Å²) in [6.45, 7) is 0. The van der Waals surface area contributed by atoms with Gasteiger partial charge in [0.1, 0.15) is 11.3 Å². The molecule has 104 valence electrons. The molecule has 2 heterocycles. The largest absolute Gasteiger partial charge is 0.367 e. The third kappa shape index (κ3) is 2.44. The van der Waals surface area contributed by atoms with Gasteiger partial charge in [0.25, 0.3) is 0 Å². The Morgan fingerprint density at radius 2 is 2.15 bits per heavy atom. The molecule has 20 heavy (non-hydrogen) atoms. The third-order valence-electron chi connectivity index (χ3n) is 3.88. The van der Waals surface area contributed by atoms with E-state index >= 15 is 0 Å². The van der Waals surface area contributed by atoms with Gasteiger partial charge in [-0.25, -0.2) is 9.97 Å². The van der Waals surface area contributed by atoms with Gasteiger partial charge < -0.3 is 9.88 Å². The third-order valence-corrected chi connectivity index (χ3v) is 4.17. The first kappa shape index (κ1) is 13.2. The second kappa shape index (κ2) is 5.29. The highest BCUT2D eigenvalue weighted by molar-refractivity contribution is 6.35. The molecule has 0 aliphatic heterocycles. The van der Waals surface area contributed by atoms with Crippen LogP contribution in [-0.2, 0) is 7.05 Å². The van der Waals surface area contributed by atoms with E-state index in [0.29, 0.717) is 11.1 Å². The van der Waals surface area contributed by atoms with Crippen molar-refractivity contribution in [3.63, 3.8) is 0 Å². The zero-order valence-electron chi connectivity index (χ0n) is 11.3. The Kier molecular flexibility index (Phi) is 3.49. The molecule has 0 saturated heterocycles. The maximum atomic E-state index is 8.92. The summed E-state index contributed by atoms with van der Waals surface area (Å²) in [5.41, 5.74) is 1.51. The molecule has 2 aromatic heterocycles. The van der Waals surface area contributed by atoms with Crippen molar-refractivity contribution in [2.75, 3.05) is 5.32 Å². The summed E-state index contributed by atoms with van der Waals surface area (Å²) in [7, 11) is 1.90. The van der Waals surface area contributed by atoms with E-state index in [4.69, 9.17) is 16.9 Å². The van der Waals surface area contributed by atoms with Crippen LogP contribution in [0.15, 0.2) is 12.4 Å². The van der Waals surface area contributed by atoms with Crippen molar-refractivity contribution in [1.29, 1.82) is 5.26 Å². The molecule has 0 radical (unpaired) electrons. The van der Waals surface area contributed by atoms with E-state index in [1.807, 2.05) is 17.7 Å². The second-order valence-corrected chi connectivity index (χ2v) is 5.75. The summed E-state index contributed by atoms with van der Waals surface area (Å²) in [5, 5.41) is 13.0. The monoisotopic (exact) mass is 289 g/mol. The number of fused-ring (bicyclic) bond motifs is 1. The number of hydrogen-bond acceptors (Lipinski definition) is 4. The zero-order valence-corrected chi connectivity index (χ0v) is 12.1. The van der Waals surface area contributed by atoms with Gasteiger partial charge in [-0.1, -0.05) is 11.6 Å². The van der Waals surface area contributed by atoms with Crippen molar-refractivity contribution < 1.29 is 0 Å². The molecule has 6 heteroatoms. The molecule has 0 atom stereocenters. The topological polar surface area (TPSA) is 66.5 Å². The van der Waals surface area contributed by atoms with Gasteiger partial charge in [-0.2, -0.15) is 5.26 Å². The molecule has 3 rings (SSSR count). The fraction of sp³-hybridized carbons (Fsp3) is 0.500. The molecular weight excluding hydrogens is 274 g/mol. The van der Waals surface area contributed by atoms with E-state index in [9.17, 15) is 0 Å². The molecule has 1 aliphatic carbocycles. The summed E-state index contributed by atoms with van der Waals surface area (Å²) in [6, 6.07) is 4.55. The molecule has 1 N–H and O–H groups in total. The van der Waals surface area contributed by atoms with Crippen LogP contribution in [0.1, 0.15) is 25.7 Å². The summed E-state index contributed by atoms with van der Waals surface area (Å²) in [6.07, 6.45) is 5.62. The molecule has 2 aromatic rings. The van der Waals surface area contributed by atoms with Crippen molar-refractivity contribution in [3.8, 4) is 6.07 Å². The maximum Gasteiger partial charge on any atom is 0.163 e. The lowest BCUT2D eigenvalue weighted by Gasteiger charge is -2.26. The Morgan fingerprint density at radius 3 is 2.85 bits per heavy atom. The number of nitrogens with zero attached hydrogens (tertiary/aromatic N) is 4. The lowest BCUT2D eigenvalue weighted by atomic mass is 9.87. The van der Waals surface area contributed by atoms with Gasteiger partial charge in [0.2, 0.25) is 0 Å². The van der Waals surface area contributed by atoms with Crippen molar-refractivity contribution in [2.24, 2.45) is 13.0 Å². The normalized spacial score (nSPS) is 22.6. The predicted octanol–water partition coefficient (Wildman–Crippen LogP) is 3.12. The number of aryl methyl sites for hydroxylation is 1. The molecule has 0 unspecified atom stereocenters. The lowest BCUT2D eigenvalue weighted by Crippen LogP contribution is -2.26. The van der Waals surface area contributed by atoms with E-state index < -0.39 is 0 Å². The van der Waals surface area contributed by atoms with Gasteiger partial charge >= 0.3 is 0 Å². The van der Waals surface area contributed by atoms with Gasteiger partial charge in [-0.3, -0.25) is 0 Å². The van der Waals surface area contributed by atoms with Gasteiger partial charge in [0.15, 0.2) is 5.65 Å². The fourth-order valence-electron chi connectivity index (χ4n) is 2.71. The Morgan fingerprint density at radius 1 is 1.40 bits per heavy atom. The van der Waals surface area contributed by atoms with Crippen LogP contribution in [0.4, 0.5) is 5.82 Å². The number of nitriles is 1. The zero-order chi connectivity index (χ0) is 14.1. The van der Waals surface area contributed by atoms with E-state index in [1.54, 1.807) is 6.33 Å². The summed E-state index contributed by atoms with van der Waals surface area (Å²) in [5.74, 6) is 0.996. The Hall–Kier alpha value is -1.80. The van der Waals surface area contributed by atoms with Crippen molar-refractivity contribution >= 4 is 28.6 Å². The fourth-order valence-corrected chi connectivity index (χ4v) is 2.95. The Bertz CT molecular complexity index is 664. The molecule has 0 bridgehead atoms. The number of imidazole rings is 1. The summed E-state index contributed by atoms with van der Waals surface area (Å²) >= 11 is 6.24. The first-order valence-corrected chi connectivity index (χ1v) is 7.19. The van der Waals surface area contributed by atoms with E-state index in [1.165, 1.54) is 0 Å². The number of pyridine rings is 1. The standard InChI is InChI=1S/C14H16ClN5/c1-20-8-17-13-11(15)6-12(19-14(13)20)18-10-4-2-9(7-16)3-5-10/h6,8-10H,2-5H2,1H3,(H,18,19)/t9-,10-. The predicted molar refractivity (Wildman–Crippen MR) is 78.5 cm³/mol. The lowest BCUT2D eigenvalue weighted by molar-refractivity contribution is 0.397. The molecular formula is C14H16ClN5. The minimum absolute atomic E-state index is 0.212. The molecule has 0 amide bonds. The van der Waals surface area contributed by atoms with Crippen molar-refractivity contribution in [3.05, 3.63) is 17.4 Å². The van der Waals surface area contributed by atoms with E-state index in [0.717, 1.165) is 42.7 Å². The summed E-state index contributed by atoms with van der Waals surface area (Å²) < 4.78 is 1.86. The molecule has 1 aliphatic rings. The number of aromatic nitrogens is 3. The van der Waals surface area contributed by atoms with Crippen LogP contribution in [0.2, 0.25) is 5.02 Å². The quantitative estimate of drug-likeness (QED) is 0.922. The van der Waals surface area contributed by atoms with Crippen LogP contribution >= 0.6 is 11.6 Å². The number of nitrogens with one attached hydrogen (secondary N) is 1. The van der Waals surface area contributed by atoms with Gasteiger partial charge in [0, 0.05) is 25.1 Å².